The summed E-state index contributed by atoms with van der Waals surface area (Å²) in [6, 6.07) is 5.74. The minimum Gasteiger partial charge on any atom is -0.345 e. The van der Waals surface area contributed by atoms with Gasteiger partial charge in [0, 0.05) is 24.1 Å². The number of hydrogen-bond donors (Lipinski definition) is 1. The molecule has 140 valence electrons. The van der Waals surface area contributed by atoms with Crippen LogP contribution in [0.2, 0.25) is 0 Å². The quantitative estimate of drug-likeness (QED) is 0.525. The van der Waals surface area contributed by atoms with E-state index in [4.69, 9.17) is 0 Å². The molecule has 3 aromatic rings. The Morgan fingerprint density at radius 1 is 1.37 bits per heavy atom. The van der Waals surface area contributed by atoms with Gasteiger partial charge in [-0.2, -0.15) is 0 Å². The summed E-state index contributed by atoms with van der Waals surface area (Å²) in [5.74, 6) is 0.140. The predicted molar refractivity (Wildman–Crippen MR) is 107 cm³/mol. The number of thiophene rings is 1. The lowest BCUT2D eigenvalue weighted by Crippen LogP contribution is -2.28. The fourth-order valence-corrected chi connectivity index (χ4v) is 5.42. The predicted octanol–water partition coefficient (Wildman–Crippen LogP) is 2.10. The van der Waals surface area contributed by atoms with Gasteiger partial charge in [-0.3, -0.25) is 14.2 Å². The van der Waals surface area contributed by atoms with Gasteiger partial charge in [0.2, 0.25) is 5.91 Å². The van der Waals surface area contributed by atoms with Crippen molar-refractivity contribution in [3.63, 3.8) is 0 Å². The number of hydrogen-bond acceptors (Lipinski definition) is 5. The minimum absolute atomic E-state index is 0.00111. The zero-order valence-electron chi connectivity index (χ0n) is 15.1. The van der Waals surface area contributed by atoms with Crippen molar-refractivity contribution in [3.8, 4) is 0 Å². The normalized spacial score (nSPS) is 13.5. The maximum absolute atomic E-state index is 12.8. The molecule has 0 unspecified atom stereocenters. The molecule has 0 saturated heterocycles. The van der Waals surface area contributed by atoms with Gasteiger partial charge in [0.05, 0.1) is 11.1 Å². The summed E-state index contributed by atoms with van der Waals surface area (Å²) >= 11 is 2.94. The van der Waals surface area contributed by atoms with Crippen molar-refractivity contribution in [2.45, 2.75) is 37.4 Å². The lowest BCUT2D eigenvalue weighted by Gasteiger charge is -2.10. The van der Waals surface area contributed by atoms with E-state index >= 15 is 0 Å². The zero-order chi connectivity index (χ0) is 18.8. The molecule has 1 amide bonds. The summed E-state index contributed by atoms with van der Waals surface area (Å²) in [6.07, 6.45) is 6.16. The third kappa shape index (κ3) is 3.77. The van der Waals surface area contributed by atoms with Crippen molar-refractivity contribution < 1.29 is 9.78 Å². The highest BCUT2D eigenvalue weighted by Gasteiger charge is 2.21. The Kier molecular flexibility index (Phi) is 5.27. The first kappa shape index (κ1) is 18.2. The van der Waals surface area contributed by atoms with E-state index in [0.29, 0.717) is 11.7 Å². The first-order chi connectivity index (χ1) is 13.1. The summed E-state index contributed by atoms with van der Waals surface area (Å²) in [5, 5.41) is 4.25. The molecule has 6 nitrogen and oxygen atoms in total. The number of aromatic nitrogens is 3. The molecule has 0 aliphatic heterocycles. The molecule has 0 bridgehead atoms. The first-order valence-corrected chi connectivity index (χ1v) is 10.8. The van der Waals surface area contributed by atoms with Gasteiger partial charge in [-0.05, 0) is 31.2 Å². The molecule has 0 radical (unpaired) electrons. The molecule has 0 aromatic carbocycles. The number of pyridine rings is 1. The average molecular weight is 402 g/mol. The van der Waals surface area contributed by atoms with Crippen LogP contribution in [0.15, 0.2) is 34.3 Å². The lowest BCUT2D eigenvalue weighted by molar-refractivity contribution is -0.390. The molecule has 1 aliphatic carbocycles. The van der Waals surface area contributed by atoms with Crippen LogP contribution >= 0.6 is 23.1 Å². The van der Waals surface area contributed by atoms with E-state index in [1.165, 1.54) is 28.6 Å². The molecule has 0 saturated carbocycles. The number of carbonyl (C=O) groups excluding carboxylic acids is 1. The lowest BCUT2D eigenvalue weighted by atomic mass is 9.97. The first-order valence-electron chi connectivity index (χ1n) is 9.00. The standard InChI is InChI=1S/C19H20N4O2S2/c1-23-18(25)16-13-7-2-3-8-14(13)27-17(16)22-19(23)26-11-15(24)21-10-12-6-4-5-9-20-12/h4-6,9H,2-3,7-8,10-11H2,1H3,(H,21,24)/p+1. The van der Waals surface area contributed by atoms with Crippen LogP contribution in [-0.4, -0.2) is 21.2 Å². The Morgan fingerprint density at radius 2 is 2.22 bits per heavy atom. The summed E-state index contributed by atoms with van der Waals surface area (Å²) in [7, 11) is 1.74. The van der Waals surface area contributed by atoms with Gasteiger partial charge < -0.3 is 5.32 Å². The van der Waals surface area contributed by atoms with Gasteiger partial charge in [-0.25, -0.2) is 9.97 Å². The Balaban J connectivity index is 1.48. The Bertz CT molecular complexity index is 1040. The maximum Gasteiger partial charge on any atom is 0.262 e. The highest BCUT2D eigenvalue weighted by molar-refractivity contribution is 7.99. The topological polar surface area (TPSA) is 78.1 Å². The fraction of sp³-hybridized carbons (Fsp3) is 0.368. The van der Waals surface area contributed by atoms with E-state index in [9.17, 15) is 9.59 Å². The molecule has 8 heteroatoms. The Hall–Kier alpha value is -2.19. The Labute approximate surface area is 165 Å². The van der Waals surface area contributed by atoms with Crippen LogP contribution in [0, 0.1) is 0 Å². The second kappa shape index (κ2) is 7.82. The van der Waals surface area contributed by atoms with Crippen LogP contribution in [0.25, 0.3) is 10.2 Å². The van der Waals surface area contributed by atoms with Gasteiger partial charge in [0.15, 0.2) is 17.0 Å². The number of aromatic amines is 1. The van der Waals surface area contributed by atoms with Crippen molar-refractivity contribution >= 4 is 39.2 Å². The molecular formula is C19H21N4O2S2+. The number of fused-ring (bicyclic) bond motifs is 3. The molecule has 0 fully saturated rings. The van der Waals surface area contributed by atoms with Crippen molar-refractivity contribution in [2.24, 2.45) is 7.05 Å². The number of amides is 1. The number of carbonyl (C=O) groups is 1. The summed E-state index contributed by atoms with van der Waals surface area (Å²) < 4.78 is 1.58. The van der Waals surface area contributed by atoms with E-state index in [1.54, 1.807) is 23.0 Å². The van der Waals surface area contributed by atoms with Gasteiger partial charge in [-0.1, -0.05) is 17.8 Å². The zero-order valence-corrected chi connectivity index (χ0v) is 16.7. The van der Waals surface area contributed by atoms with Crippen LogP contribution in [0.4, 0.5) is 0 Å². The van der Waals surface area contributed by atoms with Crippen LogP contribution in [0.5, 0.6) is 0 Å². The number of rotatable bonds is 5. The summed E-state index contributed by atoms with van der Waals surface area (Å²) in [6.45, 7) is 0.448. The second-order valence-corrected chi connectivity index (χ2v) is 8.63. The third-order valence-electron chi connectivity index (χ3n) is 4.74. The highest BCUT2D eigenvalue weighted by Crippen LogP contribution is 2.34. The van der Waals surface area contributed by atoms with Crippen LogP contribution < -0.4 is 15.9 Å². The van der Waals surface area contributed by atoms with Crippen molar-refractivity contribution in [3.05, 3.63) is 50.9 Å². The average Bonchev–Trinajstić information content (AvgIpc) is 3.07. The van der Waals surface area contributed by atoms with Crippen molar-refractivity contribution in [1.82, 2.24) is 14.9 Å². The summed E-state index contributed by atoms with van der Waals surface area (Å²) in [4.78, 5) is 34.9. The van der Waals surface area contributed by atoms with E-state index in [1.807, 2.05) is 24.4 Å². The number of thioether (sulfide) groups is 1. The second-order valence-electron chi connectivity index (χ2n) is 6.60. The van der Waals surface area contributed by atoms with Crippen LogP contribution in [-0.2, 0) is 31.2 Å². The molecule has 2 N–H and O–H groups in total. The molecule has 0 spiro atoms. The van der Waals surface area contributed by atoms with E-state index < -0.39 is 0 Å². The van der Waals surface area contributed by atoms with Crippen LogP contribution in [0.1, 0.15) is 29.0 Å². The molecule has 3 aromatic heterocycles. The summed E-state index contributed by atoms with van der Waals surface area (Å²) in [5.41, 5.74) is 2.14. The number of aryl methyl sites for hydroxylation is 2. The molecule has 3 heterocycles. The number of H-pyrrole nitrogens is 1. The van der Waals surface area contributed by atoms with E-state index in [-0.39, 0.29) is 17.2 Å². The Morgan fingerprint density at radius 3 is 3.04 bits per heavy atom. The molecule has 27 heavy (non-hydrogen) atoms. The fourth-order valence-electron chi connectivity index (χ4n) is 3.31. The van der Waals surface area contributed by atoms with Crippen molar-refractivity contribution in [1.29, 1.82) is 0 Å². The third-order valence-corrected chi connectivity index (χ3v) is 6.95. The van der Waals surface area contributed by atoms with E-state index in [2.05, 4.69) is 15.3 Å². The maximum atomic E-state index is 12.8. The van der Waals surface area contributed by atoms with Crippen molar-refractivity contribution in [2.75, 3.05) is 5.75 Å². The largest absolute Gasteiger partial charge is 0.345 e. The molecule has 0 atom stereocenters. The molecular weight excluding hydrogens is 380 g/mol. The monoisotopic (exact) mass is 401 g/mol. The van der Waals surface area contributed by atoms with Gasteiger partial charge in [0.1, 0.15) is 11.4 Å². The SMILES string of the molecule is Cn1c(SCC(=O)NCc2cccc[nH+]2)nc2sc3c(c2c1=O)CCCC3. The molecule has 4 rings (SSSR count). The highest BCUT2D eigenvalue weighted by atomic mass is 32.2. The minimum atomic E-state index is -0.0860. The smallest absolute Gasteiger partial charge is 0.262 e. The van der Waals surface area contributed by atoms with E-state index in [0.717, 1.165) is 35.2 Å². The van der Waals surface area contributed by atoms with Crippen LogP contribution in [0.3, 0.4) is 0 Å². The number of nitrogens with zero attached hydrogens (tertiary/aromatic N) is 2. The molecule has 1 aliphatic rings. The van der Waals surface area contributed by atoms with Gasteiger partial charge in [-0.15, -0.1) is 11.3 Å². The van der Waals surface area contributed by atoms with Gasteiger partial charge in [0.25, 0.3) is 5.56 Å². The van der Waals surface area contributed by atoms with Gasteiger partial charge >= 0.3 is 0 Å². The number of nitrogens with one attached hydrogen (secondary N) is 2.